The van der Waals surface area contributed by atoms with E-state index in [1.807, 2.05) is 18.3 Å². The topological polar surface area (TPSA) is 137 Å². The van der Waals surface area contributed by atoms with Gasteiger partial charge in [-0.1, -0.05) is 0 Å². The smallest absolute Gasteiger partial charge is 0.475 e. The molecule has 2 saturated heterocycles. The molecule has 5 rings (SSSR count). The number of benzene rings is 2. The highest BCUT2D eigenvalue weighted by Crippen LogP contribution is 2.37. The van der Waals surface area contributed by atoms with Crippen molar-refractivity contribution in [3.8, 4) is 11.1 Å². The van der Waals surface area contributed by atoms with Crippen LogP contribution in [0.2, 0.25) is 0 Å². The first-order chi connectivity index (χ1) is 20.2. The summed E-state index contributed by atoms with van der Waals surface area (Å²) in [4.78, 5) is 26.8. The minimum Gasteiger partial charge on any atom is -0.475 e. The third-order valence-corrected chi connectivity index (χ3v) is 9.76. The van der Waals surface area contributed by atoms with Gasteiger partial charge in [-0.05, 0) is 104 Å². The Labute approximate surface area is 246 Å². The average Bonchev–Trinajstić information content (AvgIpc) is 3.62. The Morgan fingerprint density at radius 1 is 1.02 bits per heavy atom. The molecule has 14 heteroatoms. The van der Waals surface area contributed by atoms with E-state index >= 15 is 0 Å². The first kappa shape index (κ1) is 32.4. The average molecular weight is 627 g/mol. The molecule has 9 nitrogen and oxygen atoms in total. The van der Waals surface area contributed by atoms with E-state index in [2.05, 4.69) is 9.88 Å². The molecule has 2 aliphatic rings. The molecule has 43 heavy (non-hydrogen) atoms. The van der Waals surface area contributed by atoms with Gasteiger partial charge in [0.05, 0.1) is 16.8 Å². The summed E-state index contributed by atoms with van der Waals surface area (Å²) in [6.07, 6.45) is 0.547. The van der Waals surface area contributed by atoms with Gasteiger partial charge < -0.3 is 15.8 Å². The maximum absolute atomic E-state index is 14.7. The zero-order chi connectivity index (χ0) is 31.5. The zero-order valence-electron chi connectivity index (χ0n) is 23.6. The zero-order valence-corrected chi connectivity index (χ0v) is 24.4. The number of rotatable bonds is 7. The van der Waals surface area contributed by atoms with Crippen LogP contribution < -0.4 is 5.73 Å². The molecule has 3 heterocycles. The van der Waals surface area contributed by atoms with Crippen molar-refractivity contribution in [2.75, 3.05) is 31.9 Å². The standard InChI is InChI=1S/C27H33FN4O3S.C2HF3O2/c1-2-36(34,35)32-9-5-19(6-10-32)25-16-30-26-23(25)14-21(15-24(26)27(29)33)20-11-18(12-22(28)13-20)17-31-7-3-4-8-31;3-2(4,5)1(6)7/h11-16,19,30H,2-10,17H2,1H3,(H2,29,33);(H,6,7). The van der Waals surface area contributed by atoms with Crippen molar-refractivity contribution >= 4 is 32.8 Å². The van der Waals surface area contributed by atoms with Crippen LogP contribution in [0.4, 0.5) is 17.6 Å². The molecule has 0 spiro atoms. The number of alkyl halides is 3. The SMILES string of the molecule is CCS(=O)(=O)N1CCC(c2c[nH]c3c(C(N)=O)cc(-c4cc(F)cc(CN5CCCC5)c4)cc23)CC1.O=C(O)C(F)(F)F. The lowest BCUT2D eigenvalue weighted by molar-refractivity contribution is -0.192. The van der Waals surface area contributed by atoms with Crippen LogP contribution in [0, 0.1) is 5.82 Å². The second-order valence-corrected chi connectivity index (χ2v) is 13.0. The molecular weight excluding hydrogens is 592 g/mol. The van der Waals surface area contributed by atoms with Crippen molar-refractivity contribution in [2.24, 2.45) is 5.73 Å². The number of piperidine rings is 1. The number of nitrogens with two attached hydrogens (primary N) is 1. The van der Waals surface area contributed by atoms with Gasteiger partial charge in [-0.15, -0.1) is 0 Å². The van der Waals surface area contributed by atoms with Gasteiger partial charge in [-0.25, -0.2) is 21.9 Å². The third kappa shape index (κ3) is 7.73. The lowest BCUT2D eigenvalue weighted by atomic mass is 9.88. The number of aromatic amines is 1. The molecule has 2 aromatic carbocycles. The number of primary amides is 1. The van der Waals surface area contributed by atoms with Gasteiger partial charge in [-0.2, -0.15) is 13.2 Å². The first-order valence-corrected chi connectivity index (χ1v) is 15.6. The summed E-state index contributed by atoms with van der Waals surface area (Å²) in [6.45, 7) is 5.35. The van der Waals surface area contributed by atoms with Gasteiger partial charge in [0.25, 0.3) is 5.91 Å². The van der Waals surface area contributed by atoms with E-state index < -0.39 is 28.1 Å². The molecule has 2 aliphatic heterocycles. The van der Waals surface area contributed by atoms with Crippen molar-refractivity contribution < 1.29 is 40.7 Å². The molecule has 0 unspecified atom stereocenters. The number of nitrogens with zero attached hydrogens (tertiary/aromatic N) is 2. The Bertz CT molecular complexity index is 1590. The summed E-state index contributed by atoms with van der Waals surface area (Å²) in [5.41, 5.74) is 10.2. The number of carboxylic acid groups (broad SMARTS) is 1. The third-order valence-electron chi connectivity index (χ3n) is 7.88. The van der Waals surface area contributed by atoms with E-state index in [1.165, 1.54) is 18.9 Å². The Morgan fingerprint density at radius 3 is 2.19 bits per heavy atom. The minimum atomic E-state index is -5.08. The summed E-state index contributed by atoms with van der Waals surface area (Å²) in [7, 11) is -3.21. The maximum atomic E-state index is 14.7. The van der Waals surface area contributed by atoms with Crippen LogP contribution in [0.3, 0.4) is 0 Å². The molecule has 0 saturated carbocycles. The fourth-order valence-electron chi connectivity index (χ4n) is 5.69. The maximum Gasteiger partial charge on any atom is 0.490 e. The largest absolute Gasteiger partial charge is 0.490 e. The molecule has 2 fully saturated rings. The summed E-state index contributed by atoms with van der Waals surface area (Å²) in [5.74, 6) is -3.36. The lowest BCUT2D eigenvalue weighted by Crippen LogP contribution is -2.38. The van der Waals surface area contributed by atoms with E-state index in [0.717, 1.165) is 35.2 Å². The molecular formula is C29H34F4N4O5S. The fraction of sp³-hybridized carbons (Fsp3) is 0.448. The highest BCUT2D eigenvalue weighted by atomic mass is 32.2. The number of carboxylic acids is 1. The second kappa shape index (κ2) is 13.0. The number of amides is 1. The molecule has 1 aromatic heterocycles. The molecule has 1 amide bonds. The number of sulfonamides is 1. The second-order valence-electron chi connectivity index (χ2n) is 10.8. The summed E-state index contributed by atoms with van der Waals surface area (Å²) >= 11 is 0. The summed E-state index contributed by atoms with van der Waals surface area (Å²) in [6, 6.07) is 8.80. The molecule has 0 radical (unpaired) electrons. The van der Waals surface area contributed by atoms with Crippen LogP contribution in [0.25, 0.3) is 22.0 Å². The Balaban J connectivity index is 0.000000541. The van der Waals surface area contributed by atoms with Crippen molar-refractivity contribution in [3.05, 3.63) is 59.0 Å². The van der Waals surface area contributed by atoms with Crippen molar-refractivity contribution in [3.63, 3.8) is 0 Å². The van der Waals surface area contributed by atoms with E-state index in [4.69, 9.17) is 15.6 Å². The van der Waals surface area contributed by atoms with E-state index in [0.29, 0.717) is 49.1 Å². The van der Waals surface area contributed by atoms with Crippen LogP contribution in [-0.4, -0.2) is 77.7 Å². The van der Waals surface area contributed by atoms with Crippen molar-refractivity contribution in [1.29, 1.82) is 0 Å². The minimum absolute atomic E-state index is 0.101. The van der Waals surface area contributed by atoms with Gasteiger partial charge in [0.15, 0.2) is 0 Å². The normalized spacial score (nSPS) is 17.1. The molecule has 234 valence electrons. The van der Waals surface area contributed by atoms with Crippen LogP contribution in [0.15, 0.2) is 36.5 Å². The van der Waals surface area contributed by atoms with Gasteiger partial charge in [0.2, 0.25) is 10.0 Å². The predicted molar refractivity (Wildman–Crippen MR) is 153 cm³/mol. The van der Waals surface area contributed by atoms with Crippen LogP contribution in [0.5, 0.6) is 0 Å². The lowest BCUT2D eigenvalue weighted by Gasteiger charge is -2.31. The Hall–Kier alpha value is -3.49. The summed E-state index contributed by atoms with van der Waals surface area (Å²) in [5, 5.41) is 8.00. The number of nitrogens with one attached hydrogen (secondary N) is 1. The van der Waals surface area contributed by atoms with E-state index in [1.54, 1.807) is 23.4 Å². The molecule has 3 aromatic rings. The monoisotopic (exact) mass is 626 g/mol. The fourth-order valence-corrected chi connectivity index (χ4v) is 6.82. The Kier molecular flexibility index (Phi) is 9.82. The number of likely N-dealkylation sites (tertiary alicyclic amines) is 1. The number of aliphatic carboxylic acids is 1. The number of carbonyl (C=O) groups excluding carboxylic acids is 1. The number of carbonyl (C=O) groups is 2. The number of hydrogen-bond acceptors (Lipinski definition) is 5. The molecule has 0 bridgehead atoms. The van der Waals surface area contributed by atoms with Crippen LogP contribution >= 0.6 is 0 Å². The molecule has 4 N–H and O–H groups in total. The van der Waals surface area contributed by atoms with Crippen molar-refractivity contribution in [1.82, 2.24) is 14.2 Å². The quantitative estimate of drug-likeness (QED) is 0.322. The molecule has 0 aliphatic carbocycles. The first-order valence-electron chi connectivity index (χ1n) is 13.9. The highest BCUT2D eigenvalue weighted by molar-refractivity contribution is 7.89. The predicted octanol–water partition coefficient (Wildman–Crippen LogP) is 4.83. The highest BCUT2D eigenvalue weighted by Gasteiger charge is 2.38. The van der Waals surface area contributed by atoms with Crippen molar-refractivity contribution in [2.45, 2.75) is 51.2 Å². The van der Waals surface area contributed by atoms with Crippen LogP contribution in [-0.2, 0) is 21.4 Å². The van der Waals surface area contributed by atoms with E-state index in [9.17, 15) is 30.8 Å². The number of fused-ring (bicyclic) bond motifs is 1. The number of aromatic nitrogens is 1. The Morgan fingerprint density at radius 2 is 1.63 bits per heavy atom. The van der Waals surface area contributed by atoms with Gasteiger partial charge >= 0.3 is 12.1 Å². The van der Waals surface area contributed by atoms with Gasteiger partial charge in [0, 0.05) is 31.2 Å². The van der Waals surface area contributed by atoms with Gasteiger partial charge in [0.1, 0.15) is 5.82 Å². The van der Waals surface area contributed by atoms with E-state index in [-0.39, 0.29) is 17.5 Å². The number of hydrogen-bond donors (Lipinski definition) is 3. The van der Waals surface area contributed by atoms with Gasteiger partial charge in [-0.3, -0.25) is 9.69 Å². The number of H-pyrrole nitrogens is 1. The number of halogens is 4. The van der Waals surface area contributed by atoms with Crippen LogP contribution in [0.1, 0.15) is 60.0 Å². The summed E-state index contributed by atoms with van der Waals surface area (Å²) < 4.78 is 72.5. The molecule has 0 atom stereocenters.